The molecule has 2 rings (SSSR count). The first-order valence-electron chi connectivity index (χ1n) is 4.81. The van der Waals surface area contributed by atoms with E-state index in [4.69, 9.17) is 0 Å². The molecule has 1 aliphatic carbocycles. The summed E-state index contributed by atoms with van der Waals surface area (Å²) in [7, 11) is 1.40. The van der Waals surface area contributed by atoms with Crippen molar-refractivity contribution < 1.29 is 9.53 Å². The van der Waals surface area contributed by atoms with E-state index in [0.717, 1.165) is 5.69 Å². The summed E-state index contributed by atoms with van der Waals surface area (Å²) in [6.45, 7) is 0. The number of pyridine rings is 1. The molecule has 1 heterocycles. The molecule has 0 bridgehead atoms. The average Bonchev–Trinajstić information content (AvgIpc) is 3.01. The summed E-state index contributed by atoms with van der Waals surface area (Å²) in [5.41, 5.74) is 2.11. The number of hydrogen-bond acceptors (Lipinski definition) is 3. The van der Waals surface area contributed by atoms with Crippen LogP contribution in [-0.4, -0.2) is 18.1 Å². The first-order valence-corrected chi connectivity index (χ1v) is 4.81. The minimum Gasteiger partial charge on any atom is -0.469 e. The highest BCUT2D eigenvalue weighted by Gasteiger charge is 2.23. The largest absolute Gasteiger partial charge is 0.469 e. The summed E-state index contributed by atoms with van der Waals surface area (Å²) in [5.74, 6) is 0.472. The topological polar surface area (TPSA) is 39.2 Å². The molecule has 0 amide bonds. The standard InChI is InChI=1S/C11H13NO2/c1-14-11(13)7-10-6-9(4-5-12-10)8-2-3-8/h4-6,8H,2-3,7H2,1H3. The molecular weight excluding hydrogens is 178 g/mol. The van der Waals surface area contributed by atoms with Gasteiger partial charge >= 0.3 is 5.97 Å². The molecule has 0 unspecified atom stereocenters. The Morgan fingerprint density at radius 1 is 1.64 bits per heavy atom. The normalized spacial score (nSPS) is 15.2. The van der Waals surface area contributed by atoms with Crippen molar-refractivity contribution in [3.05, 3.63) is 29.6 Å². The molecule has 0 spiro atoms. The van der Waals surface area contributed by atoms with Gasteiger partial charge in [0.25, 0.3) is 0 Å². The van der Waals surface area contributed by atoms with Crippen molar-refractivity contribution in [3.63, 3.8) is 0 Å². The van der Waals surface area contributed by atoms with Crippen LogP contribution in [0.5, 0.6) is 0 Å². The van der Waals surface area contributed by atoms with Gasteiger partial charge in [-0.05, 0) is 36.5 Å². The second-order valence-corrected chi connectivity index (χ2v) is 3.61. The first-order chi connectivity index (χ1) is 6.79. The van der Waals surface area contributed by atoms with E-state index in [1.165, 1.54) is 25.5 Å². The Labute approximate surface area is 83.1 Å². The van der Waals surface area contributed by atoms with E-state index in [1.54, 1.807) is 6.20 Å². The van der Waals surface area contributed by atoms with Crippen molar-refractivity contribution in [2.75, 3.05) is 7.11 Å². The monoisotopic (exact) mass is 191 g/mol. The summed E-state index contributed by atoms with van der Waals surface area (Å²) in [6.07, 6.45) is 4.58. The van der Waals surface area contributed by atoms with Crippen LogP contribution in [-0.2, 0) is 16.0 Å². The van der Waals surface area contributed by atoms with Crippen molar-refractivity contribution in [2.24, 2.45) is 0 Å². The van der Waals surface area contributed by atoms with Crippen LogP contribution in [0.25, 0.3) is 0 Å². The second-order valence-electron chi connectivity index (χ2n) is 3.61. The van der Waals surface area contributed by atoms with Gasteiger partial charge in [0.2, 0.25) is 0 Å². The summed E-state index contributed by atoms with van der Waals surface area (Å²) < 4.78 is 4.59. The summed E-state index contributed by atoms with van der Waals surface area (Å²) in [6, 6.07) is 4.03. The molecule has 74 valence electrons. The fourth-order valence-electron chi connectivity index (χ4n) is 1.48. The number of hydrogen-bond donors (Lipinski definition) is 0. The highest BCUT2D eigenvalue weighted by molar-refractivity contribution is 5.71. The fourth-order valence-corrected chi connectivity index (χ4v) is 1.48. The van der Waals surface area contributed by atoms with Gasteiger partial charge in [-0.2, -0.15) is 0 Å². The van der Waals surface area contributed by atoms with Crippen molar-refractivity contribution in [3.8, 4) is 0 Å². The number of methoxy groups -OCH3 is 1. The number of nitrogens with zero attached hydrogens (tertiary/aromatic N) is 1. The predicted octanol–water partition coefficient (Wildman–Crippen LogP) is 1.67. The van der Waals surface area contributed by atoms with Gasteiger partial charge in [0.05, 0.1) is 19.2 Å². The molecular formula is C11H13NO2. The predicted molar refractivity (Wildman–Crippen MR) is 51.9 cm³/mol. The molecule has 1 aliphatic rings. The molecule has 1 aromatic rings. The lowest BCUT2D eigenvalue weighted by Gasteiger charge is -2.01. The van der Waals surface area contributed by atoms with E-state index < -0.39 is 0 Å². The van der Waals surface area contributed by atoms with Crippen molar-refractivity contribution >= 4 is 5.97 Å². The molecule has 0 N–H and O–H groups in total. The third-order valence-electron chi connectivity index (χ3n) is 2.44. The number of ether oxygens (including phenoxy) is 1. The Morgan fingerprint density at radius 2 is 2.43 bits per heavy atom. The Morgan fingerprint density at radius 3 is 3.07 bits per heavy atom. The summed E-state index contributed by atoms with van der Waals surface area (Å²) >= 11 is 0. The van der Waals surface area contributed by atoms with Crippen LogP contribution >= 0.6 is 0 Å². The number of rotatable bonds is 3. The first kappa shape index (κ1) is 9.19. The van der Waals surface area contributed by atoms with E-state index in [2.05, 4.69) is 9.72 Å². The maximum absolute atomic E-state index is 11.0. The fraction of sp³-hybridized carbons (Fsp3) is 0.455. The van der Waals surface area contributed by atoms with E-state index in [9.17, 15) is 4.79 Å². The SMILES string of the molecule is COC(=O)Cc1cc(C2CC2)ccn1. The van der Waals surface area contributed by atoms with Crippen LogP contribution in [0.15, 0.2) is 18.3 Å². The van der Waals surface area contributed by atoms with Gasteiger partial charge in [-0.15, -0.1) is 0 Å². The average molecular weight is 191 g/mol. The van der Waals surface area contributed by atoms with Crippen molar-refractivity contribution in [1.82, 2.24) is 4.98 Å². The molecule has 0 saturated heterocycles. The third kappa shape index (κ3) is 2.10. The zero-order valence-electron chi connectivity index (χ0n) is 8.19. The zero-order valence-corrected chi connectivity index (χ0v) is 8.19. The van der Waals surface area contributed by atoms with E-state index in [1.807, 2.05) is 12.1 Å². The van der Waals surface area contributed by atoms with Crippen LogP contribution in [0.1, 0.15) is 30.0 Å². The lowest BCUT2D eigenvalue weighted by Crippen LogP contribution is -2.06. The Balaban J connectivity index is 2.09. The Kier molecular flexibility index (Phi) is 2.48. The van der Waals surface area contributed by atoms with Gasteiger partial charge in [0.1, 0.15) is 0 Å². The summed E-state index contributed by atoms with van der Waals surface area (Å²) in [4.78, 5) is 15.2. The van der Waals surface area contributed by atoms with Crippen molar-refractivity contribution in [2.45, 2.75) is 25.2 Å². The number of aromatic nitrogens is 1. The van der Waals surface area contributed by atoms with Gasteiger partial charge in [0.15, 0.2) is 0 Å². The maximum atomic E-state index is 11.0. The van der Waals surface area contributed by atoms with E-state index in [-0.39, 0.29) is 12.4 Å². The van der Waals surface area contributed by atoms with Gasteiger partial charge in [-0.1, -0.05) is 0 Å². The van der Waals surface area contributed by atoms with Gasteiger partial charge in [-0.3, -0.25) is 9.78 Å². The van der Waals surface area contributed by atoms with Gasteiger partial charge < -0.3 is 4.74 Å². The number of carbonyl (C=O) groups excluding carboxylic acids is 1. The molecule has 1 saturated carbocycles. The molecule has 14 heavy (non-hydrogen) atoms. The zero-order chi connectivity index (χ0) is 9.97. The minimum absolute atomic E-state index is 0.231. The van der Waals surface area contributed by atoms with E-state index >= 15 is 0 Å². The molecule has 0 aromatic carbocycles. The molecule has 0 aliphatic heterocycles. The molecule has 1 fully saturated rings. The van der Waals surface area contributed by atoms with Crippen LogP contribution in [0.2, 0.25) is 0 Å². The maximum Gasteiger partial charge on any atom is 0.311 e. The highest BCUT2D eigenvalue weighted by Crippen LogP contribution is 2.39. The molecule has 1 aromatic heterocycles. The Hall–Kier alpha value is -1.38. The molecule has 3 nitrogen and oxygen atoms in total. The second kappa shape index (κ2) is 3.78. The molecule has 3 heteroatoms. The summed E-state index contributed by atoms with van der Waals surface area (Å²) in [5, 5.41) is 0. The molecule has 0 radical (unpaired) electrons. The quantitative estimate of drug-likeness (QED) is 0.682. The minimum atomic E-state index is -0.231. The van der Waals surface area contributed by atoms with Gasteiger partial charge in [-0.25, -0.2) is 0 Å². The lowest BCUT2D eigenvalue weighted by molar-refractivity contribution is -0.139. The lowest BCUT2D eigenvalue weighted by atomic mass is 10.1. The van der Waals surface area contributed by atoms with E-state index in [0.29, 0.717) is 5.92 Å². The Bertz CT molecular complexity index is 345. The van der Waals surface area contributed by atoms with Crippen LogP contribution < -0.4 is 0 Å². The third-order valence-corrected chi connectivity index (χ3v) is 2.44. The van der Waals surface area contributed by atoms with Crippen molar-refractivity contribution in [1.29, 1.82) is 0 Å². The van der Waals surface area contributed by atoms with Crippen LogP contribution in [0.4, 0.5) is 0 Å². The number of esters is 1. The molecule has 0 atom stereocenters. The number of carbonyl (C=O) groups is 1. The van der Waals surface area contributed by atoms with Gasteiger partial charge in [0, 0.05) is 6.20 Å². The highest BCUT2D eigenvalue weighted by atomic mass is 16.5. The van der Waals surface area contributed by atoms with Crippen LogP contribution in [0.3, 0.4) is 0 Å². The smallest absolute Gasteiger partial charge is 0.311 e. The van der Waals surface area contributed by atoms with Crippen LogP contribution in [0, 0.1) is 0 Å².